The van der Waals surface area contributed by atoms with Crippen molar-refractivity contribution >= 4 is 28.4 Å². The topological polar surface area (TPSA) is 99.5 Å². The lowest BCUT2D eigenvalue weighted by Gasteiger charge is -2.42. The predicted molar refractivity (Wildman–Crippen MR) is 112 cm³/mol. The van der Waals surface area contributed by atoms with Crippen molar-refractivity contribution in [3.05, 3.63) is 75.5 Å². The Morgan fingerprint density at radius 1 is 1.00 bits per heavy atom. The summed E-state index contributed by atoms with van der Waals surface area (Å²) in [6.45, 7) is 0. The number of aromatic nitrogens is 1. The molecule has 1 aromatic heterocycles. The summed E-state index contributed by atoms with van der Waals surface area (Å²) in [5.41, 5.74) is 0.845. The number of hydrogen-bond acceptors (Lipinski definition) is 4. The molecular formula is C22H20F2N4O4. The van der Waals surface area contributed by atoms with Crippen molar-refractivity contribution in [3.63, 3.8) is 0 Å². The molecule has 1 aliphatic heterocycles. The van der Waals surface area contributed by atoms with Crippen LogP contribution in [-0.2, 0) is 22.4 Å². The fourth-order valence-electron chi connectivity index (χ4n) is 4.24. The van der Waals surface area contributed by atoms with E-state index in [4.69, 9.17) is 0 Å². The first-order chi connectivity index (χ1) is 15.2. The molecule has 0 saturated carbocycles. The smallest absolute Gasteiger partial charge is 0.281 e. The molecule has 0 aliphatic carbocycles. The highest BCUT2D eigenvalue weighted by atomic mass is 19.1. The number of likely N-dealkylation sites (N-methyl/N-ethyl adjacent to an activating group) is 2. The van der Waals surface area contributed by atoms with Crippen LogP contribution in [0.4, 0.5) is 14.5 Å². The fourth-order valence-corrected chi connectivity index (χ4v) is 4.24. The molecule has 8 nitrogen and oxygen atoms in total. The largest absolute Gasteiger partial charge is 0.361 e. The number of H-pyrrole nitrogens is 1. The van der Waals surface area contributed by atoms with E-state index in [0.717, 1.165) is 12.1 Å². The van der Waals surface area contributed by atoms with Gasteiger partial charge >= 0.3 is 0 Å². The minimum Gasteiger partial charge on any atom is -0.361 e. The lowest BCUT2D eigenvalue weighted by Crippen LogP contribution is -2.63. The first kappa shape index (κ1) is 21.4. The Morgan fingerprint density at radius 2 is 1.66 bits per heavy atom. The zero-order valence-corrected chi connectivity index (χ0v) is 17.3. The highest BCUT2D eigenvalue weighted by Crippen LogP contribution is 2.32. The molecule has 10 heteroatoms. The Bertz CT molecular complexity index is 1240. The number of aromatic amines is 1. The summed E-state index contributed by atoms with van der Waals surface area (Å²) in [5, 5.41) is 11.6. The second kappa shape index (κ2) is 8.03. The molecule has 1 saturated heterocycles. The van der Waals surface area contributed by atoms with Crippen LogP contribution in [0, 0.1) is 21.7 Å². The fraction of sp³-hybridized carbons (Fsp3) is 0.273. The molecule has 1 aliphatic rings. The van der Waals surface area contributed by atoms with E-state index in [2.05, 4.69) is 4.98 Å². The predicted octanol–water partition coefficient (Wildman–Crippen LogP) is 2.81. The third-order valence-corrected chi connectivity index (χ3v) is 5.93. The van der Waals surface area contributed by atoms with Gasteiger partial charge in [-0.25, -0.2) is 8.78 Å². The van der Waals surface area contributed by atoms with Crippen LogP contribution in [0.1, 0.15) is 11.1 Å². The van der Waals surface area contributed by atoms with Crippen LogP contribution in [0.25, 0.3) is 10.9 Å². The highest BCUT2D eigenvalue weighted by Gasteiger charge is 2.43. The molecule has 4 rings (SSSR count). The zero-order valence-electron chi connectivity index (χ0n) is 17.3. The number of hydrogen-bond donors (Lipinski definition) is 1. The normalized spacial score (nSPS) is 19.1. The molecule has 3 aromatic rings. The summed E-state index contributed by atoms with van der Waals surface area (Å²) >= 11 is 0. The molecule has 0 bridgehead atoms. The Morgan fingerprint density at radius 3 is 2.28 bits per heavy atom. The highest BCUT2D eigenvalue weighted by molar-refractivity contribution is 5.98. The average molecular weight is 442 g/mol. The first-order valence-electron chi connectivity index (χ1n) is 9.89. The number of non-ortho nitro benzene ring substituents is 1. The van der Waals surface area contributed by atoms with E-state index in [1.165, 1.54) is 42.2 Å². The van der Waals surface area contributed by atoms with Gasteiger partial charge in [0.2, 0.25) is 11.8 Å². The minimum absolute atomic E-state index is 0.0184. The SMILES string of the molecule is CN1C(=O)[C@H](Cc2c[nH]c3cc(F)cc([N+](=O)[O-])c23)N(C)C(=O)[C@@H]1Cc1cccc(F)c1. The van der Waals surface area contributed by atoms with Gasteiger partial charge in [0.25, 0.3) is 5.69 Å². The third-order valence-electron chi connectivity index (χ3n) is 5.93. The number of nitrogens with zero attached hydrogens (tertiary/aromatic N) is 3. The molecule has 0 unspecified atom stereocenters. The van der Waals surface area contributed by atoms with Crippen molar-refractivity contribution in [2.24, 2.45) is 0 Å². The van der Waals surface area contributed by atoms with Crippen LogP contribution in [0.5, 0.6) is 0 Å². The number of carbonyl (C=O) groups excluding carboxylic acids is 2. The average Bonchev–Trinajstić information content (AvgIpc) is 3.14. The van der Waals surface area contributed by atoms with Gasteiger partial charge in [-0.3, -0.25) is 19.7 Å². The van der Waals surface area contributed by atoms with Gasteiger partial charge in [0, 0.05) is 33.1 Å². The summed E-state index contributed by atoms with van der Waals surface area (Å²) in [5.74, 6) is -1.84. The van der Waals surface area contributed by atoms with E-state index in [9.17, 15) is 28.5 Å². The van der Waals surface area contributed by atoms with Gasteiger partial charge in [-0.15, -0.1) is 0 Å². The number of nitrogens with one attached hydrogen (secondary N) is 1. The summed E-state index contributed by atoms with van der Waals surface area (Å²) in [7, 11) is 3.01. The molecule has 1 fully saturated rings. The van der Waals surface area contributed by atoms with Crippen LogP contribution in [0.15, 0.2) is 42.6 Å². The zero-order chi connectivity index (χ0) is 23.2. The van der Waals surface area contributed by atoms with Crippen molar-refractivity contribution in [1.82, 2.24) is 14.8 Å². The summed E-state index contributed by atoms with van der Waals surface area (Å²) in [6.07, 6.45) is 1.67. The van der Waals surface area contributed by atoms with E-state index in [0.29, 0.717) is 11.1 Å². The van der Waals surface area contributed by atoms with Gasteiger partial charge < -0.3 is 14.8 Å². The number of rotatable bonds is 5. The molecule has 32 heavy (non-hydrogen) atoms. The maximum Gasteiger partial charge on any atom is 0.281 e. The Kier molecular flexibility index (Phi) is 5.37. The number of nitro benzene ring substituents is 1. The Balaban J connectivity index is 1.63. The van der Waals surface area contributed by atoms with Crippen molar-refractivity contribution in [1.29, 1.82) is 0 Å². The minimum atomic E-state index is -0.889. The van der Waals surface area contributed by atoms with Gasteiger partial charge in [0.1, 0.15) is 23.7 Å². The van der Waals surface area contributed by atoms with E-state index in [1.807, 2.05) is 0 Å². The molecule has 2 atom stereocenters. The molecule has 0 spiro atoms. The van der Waals surface area contributed by atoms with Gasteiger partial charge in [-0.1, -0.05) is 12.1 Å². The van der Waals surface area contributed by atoms with Crippen LogP contribution in [0.3, 0.4) is 0 Å². The quantitative estimate of drug-likeness (QED) is 0.485. The van der Waals surface area contributed by atoms with Crippen molar-refractivity contribution in [3.8, 4) is 0 Å². The van der Waals surface area contributed by atoms with Gasteiger partial charge in [-0.2, -0.15) is 0 Å². The van der Waals surface area contributed by atoms with Crippen LogP contribution >= 0.6 is 0 Å². The lowest BCUT2D eigenvalue weighted by atomic mass is 9.95. The van der Waals surface area contributed by atoms with Crippen molar-refractivity contribution < 1.29 is 23.3 Å². The van der Waals surface area contributed by atoms with E-state index < -0.39 is 34.3 Å². The Hall–Kier alpha value is -3.82. The van der Waals surface area contributed by atoms with E-state index in [1.54, 1.807) is 12.1 Å². The summed E-state index contributed by atoms with van der Waals surface area (Å²) in [4.78, 5) is 42.4. The number of halogens is 2. The van der Waals surface area contributed by atoms with Gasteiger partial charge in [0.05, 0.1) is 21.9 Å². The number of amides is 2. The molecule has 2 heterocycles. The maximum absolute atomic E-state index is 13.7. The molecule has 1 N–H and O–H groups in total. The van der Waals surface area contributed by atoms with Gasteiger partial charge in [0.15, 0.2) is 0 Å². The van der Waals surface area contributed by atoms with E-state index >= 15 is 0 Å². The van der Waals surface area contributed by atoms with E-state index in [-0.39, 0.29) is 35.6 Å². The maximum atomic E-state index is 13.7. The second-order valence-corrected chi connectivity index (χ2v) is 7.89. The number of fused-ring (bicyclic) bond motifs is 1. The summed E-state index contributed by atoms with van der Waals surface area (Å²) < 4.78 is 27.3. The second-order valence-electron chi connectivity index (χ2n) is 7.89. The third kappa shape index (κ3) is 3.68. The van der Waals surface area contributed by atoms with Crippen LogP contribution in [-0.4, -0.2) is 57.7 Å². The molecule has 0 radical (unpaired) electrons. The monoisotopic (exact) mass is 442 g/mol. The first-order valence-corrected chi connectivity index (χ1v) is 9.89. The van der Waals surface area contributed by atoms with Crippen LogP contribution in [0.2, 0.25) is 0 Å². The lowest BCUT2D eigenvalue weighted by molar-refractivity contribution is -0.383. The number of carbonyl (C=O) groups is 2. The van der Waals surface area contributed by atoms with Gasteiger partial charge in [-0.05, 0) is 29.3 Å². The molecule has 2 amide bonds. The Labute approximate surface area is 181 Å². The van der Waals surface area contributed by atoms with Crippen LogP contribution < -0.4 is 0 Å². The van der Waals surface area contributed by atoms with Crippen molar-refractivity contribution in [2.45, 2.75) is 24.9 Å². The summed E-state index contributed by atoms with van der Waals surface area (Å²) in [6, 6.07) is 6.14. The number of piperazine rings is 1. The molecule has 2 aromatic carbocycles. The van der Waals surface area contributed by atoms with Crippen molar-refractivity contribution in [2.75, 3.05) is 14.1 Å². The number of nitro groups is 1. The standard InChI is InChI=1S/C22H20F2N4O4/c1-26-18(7-12-4-3-5-14(23)6-12)21(29)27(2)19(22(26)30)8-13-11-25-16-9-15(24)10-17(20(13)16)28(31)32/h3-6,9-11,18-19,25H,7-8H2,1-2H3/t18-,19-/m0/s1. The molecular weight excluding hydrogens is 422 g/mol. The molecule has 166 valence electrons. The number of benzene rings is 2.